The van der Waals surface area contributed by atoms with Crippen LogP contribution in [-0.2, 0) is 6.54 Å². The summed E-state index contributed by atoms with van der Waals surface area (Å²) in [4.78, 5) is 13.7. The van der Waals surface area contributed by atoms with Crippen LogP contribution in [0, 0.1) is 0 Å². The lowest BCUT2D eigenvalue weighted by atomic mass is 10.1. The van der Waals surface area contributed by atoms with Crippen molar-refractivity contribution in [3.05, 3.63) is 34.5 Å². The highest BCUT2D eigenvalue weighted by molar-refractivity contribution is 6.31. The molecule has 5 heteroatoms. The van der Waals surface area contributed by atoms with Crippen LogP contribution >= 0.6 is 11.6 Å². The zero-order valence-electron chi connectivity index (χ0n) is 12.4. The summed E-state index contributed by atoms with van der Waals surface area (Å²) >= 11 is 6.04. The molecule has 0 bridgehead atoms. The van der Waals surface area contributed by atoms with Crippen LogP contribution in [0.1, 0.15) is 42.8 Å². The smallest absolute Gasteiger partial charge is 0.372 e. The number of carbonyl (C=O) groups is 1. The van der Waals surface area contributed by atoms with E-state index in [2.05, 4.69) is 18.7 Å². The number of nitrogens with zero attached hydrogens (tertiary/aromatic N) is 1. The molecule has 0 amide bonds. The van der Waals surface area contributed by atoms with Gasteiger partial charge in [0, 0.05) is 22.5 Å². The van der Waals surface area contributed by atoms with Gasteiger partial charge in [0.05, 0.1) is 0 Å². The van der Waals surface area contributed by atoms with E-state index in [0.717, 1.165) is 31.3 Å². The Balaban J connectivity index is 2.45. The molecule has 0 unspecified atom stereocenters. The Morgan fingerprint density at radius 2 is 1.95 bits per heavy atom. The minimum atomic E-state index is -1.04. The molecule has 0 spiro atoms. The first-order chi connectivity index (χ1) is 10.1. The second-order valence-electron chi connectivity index (χ2n) is 5.13. The molecule has 1 heterocycles. The molecule has 0 radical (unpaired) electrons. The predicted molar refractivity (Wildman–Crippen MR) is 84.0 cm³/mol. The molecule has 0 aliphatic rings. The molecule has 0 aliphatic heterocycles. The molecule has 0 saturated heterocycles. The third-order valence-corrected chi connectivity index (χ3v) is 3.64. The Bertz CT molecular complexity index is 630. The average molecular weight is 310 g/mol. The van der Waals surface area contributed by atoms with Gasteiger partial charge in [0.25, 0.3) is 0 Å². The average Bonchev–Trinajstić information content (AvgIpc) is 2.78. The molecule has 0 saturated carbocycles. The van der Waals surface area contributed by atoms with E-state index in [9.17, 15) is 9.90 Å². The van der Waals surface area contributed by atoms with Crippen LogP contribution in [0.15, 0.2) is 22.6 Å². The lowest BCUT2D eigenvalue weighted by Gasteiger charge is -2.20. The van der Waals surface area contributed by atoms with E-state index in [0.29, 0.717) is 22.7 Å². The quantitative estimate of drug-likeness (QED) is 0.823. The Hall–Kier alpha value is -1.52. The van der Waals surface area contributed by atoms with Gasteiger partial charge in [0.1, 0.15) is 5.58 Å². The molecule has 0 fully saturated rings. The number of benzene rings is 1. The van der Waals surface area contributed by atoms with Crippen LogP contribution in [0.25, 0.3) is 11.0 Å². The van der Waals surface area contributed by atoms with Crippen molar-refractivity contribution in [3.63, 3.8) is 0 Å². The van der Waals surface area contributed by atoms with Crippen molar-refractivity contribution in [1.29, 1.82) is 0 Å². The van der Waals surface area contributed by atoms with Gasteiger partial charge in [-0.25, -0.2) is 4.79 Å². The minimum absolute atomic E-state index is 0.0180. The summed E-state index contributed by atoms with van der Waals surface area (Å²) < 4.78 is 5.49. The fourth-order valence-electron chi connectivity index (χ4n) is 2.58. The number of carboxylic acid groups (broad SMARTS) is 1. The van der Waals surface area contributed by atoms with Crippen molar-refractivity contribution < 1.29 is 14.3 Å². The zero-order chi connectivity index (χ0) is 15.4. The highest BCUT2D eigenvalue weighted by atomic mass is 35.5. The van der Waals surface area contributed by atoms with E-state index >= 15 is 0 Å². The van der Waals surface area contributed by atoms with Gasteiger partial charge >= 0.3 is 5.97 Å². The monoisotopic (exact) mass is 309 g/mol. The molecule has 21 heavy (non-hydrogen) atoms. The van der Waals surface area contributed by atoms with Crippen molar-refractivity contribution in [2.45, 2.75) is 33.2 Å². The largest absolute Gasteiger partial charge is 0.475 e. The van der Waals surface area contributed by atoms with Crippen molar-refractivity contribution in [2.75, 3.05) is 13.1 Å². The second kappa shape index (κ2) is 6.96. The maximum Gasteiger partial charge on any atom is 0.372 e. The number of aromatic carboxylic acids is 1. The predicted octanol–water partition coefficient (Wildman–Crippen LogP) is 4.41. The van der Waals surface area contributed by atoms with Gasteiger partial charge in [0.15, 0.2) is 0 Å². The van der Waals surface area contributed by atoms with Crippen LogP contribution < -0.4 is 0 Å². The third kappa shape index (κ3) is 3.57. The number of hydrogen-bond acceptors (Lipinski definition) is 3. The van der Waals surface area contributed by atoms with E-state index in [1.165, 1.54) is 0 Å². The Morgan fingerprint density at radius 1 is 1.29 bits per heavy atom. The third-order valence-electron chi connectivity index (χ3n) is 3.41. The number of hydrogen-bond donors (Lipinski definition) is 1. The van der Waals surface area contributed by atoms with Gasteiger partial charge in [-0.15, -0.1) is 0 Å². The fraction of sp³-hybridized carbons (Fsp3) is 0.438. The van der Waals surface area contributed by atoms with E-state index in [4.69, 9.17) is 16.0 Å². The van der Waals surface area contributed by atoms with Crippen LogP contribution in [-0.4, -0.2) is 29.1 Å². The maximum atomic E-state index is 11.4. The lowest BCUT2D eigenvalue weighted by molar-refractivity contribution is 0.0661. The highest BCUT2D eigenvalue weighted by Crippen LogP contribution is 2.29. The number of carboxylic acids is 1. The summed E-state index contributed by atoms with van der Waals surface area (Å²) in [6.07, 6.45) is 2.05. The highest BCUT2D eigenvalue weighted by Gasteiger charge is 2.21. The number of fused-ring (bicyclic) bond motifs is 1. The van der Waals surface area contributed by atoms with Gasteiger partial charge < -0.3 is 9.52 Å². The van der Waals surface area contributed by atoms with Gasteiger partial charge in [-0.1, -0.05) is 25.4 Å². The van der Waals surface area contributed by atoms with Crippen LogP contribution in [0.5, 0.6) is 0 Å². The summed E-state index contributed by atoms with van der Waals surface area (Å²) in [6, 6.07) is 5.20. The molecule has 4 nitrogen and oxygen atoms in total. The summed E-state index contributed by atoms with van der Waals surface area (Å²) in [5.74, 6) is -1.02. The Labute approximate surface area is 129 Å². The van der Waals surface area contributed by atoms with E-state index in [1.54, 1.807) is 18.2 Å². The molecule has 114 valence electrons. The number of halogens is 1. The van der Waals surface area contributed by atoms with Crippen molar-refractivity contribution in [1.82, 2.24) is 4.90 Å². The van der Waals surface area contributed by atoms with Gasteiger partial charge in [-0.05, 0) is 44.1 Å². The molecule has 0 aliphatic carbocycles. The second-order valence-corrected chi connectivity index (χ2v) is 5.57. The summed E-state index contributed by atoms with van der Waals surface area (Å²) in [5, 5.41) is 10.7. The van der Waals surface area contributed by atoms with Crippen LogP contribution in [0.3, 0.4) is 0 Å². The molecule has 2 aromatic rings. The first kappa shape index (κ1) is 15.9. The first-order valence-corrected chi connectivity index (χ1v) is 7.61. The van der Waals surface area contributed by atoms with E-state index in [-0.39, 0.29) is 5.76 Å². The minimum Gasteiger partial charge on any atom is -0.475 e. The molecule has 0 atom stereocenters. The Morgan fingerprint density at radius 3 is 2.52 bits per heavy atom. The topological polar surface area (TPSA) is 53.7 Å². The SMILES string of the molecule is CCCN(CCC)Cc1c(C(=O)O)oc2ccc(Cl)cc12. The van der Waals surface area contributed by atoms with Crippen molar-refractivity contribution in [3.8, 4) is 0 Å². The summed E-state index contributed by atoms with van der Waals surface area (Å²) in [7, 11) is 0. The molecule has 2 rings (SSSR count). The molecular formula is C16H20ClNO3. The van der Waals surface area contributed by atoms with E-state index in [1.807, 2.05) is 0 Å². The summed E-state index contributed by atoms with van der Waals surface area (Å²) in [5.41, 5.74) is 1.28. The molecular weight excluding hydrogens is 290 g/mol. The lowest BCUT2D eigenvalue weighted by Crippen LogP contribution is -2.25. The Kier molecular flexibility index (Phi) is 5.26. The van der Waals surface area contributed by atoms with Crippen LogP contribution in [0.4, 0.5) is 0 Å². The molecule has 1 aromatic carbocycles. The van der Waals surface area contributed by atoms with Crippen molar-refractivity contribution >= 4 is 28.5 Å². The van der Waals surface area contributed by atoms with Gasteiger partial charge in [-0.2, -0.15) is 0 Å². The molecule has 1 aromatic heterocycles. The number of furan rings is 1. The zero-order valence-corrected chi connectivity index (χ0v) is 13.1. The van der Waals surface area contributed by atoms with Gasteiger partial charge in [-0.3, -0.25) is 4.90 Å². The maximum absolute atomic E-state index is 11.4. The fourth-order valence-corrected chi connectivity index (χ4v) is 2.75. The standard InChI is InChI=1S/C16H20ClNO3/c1-3-7-18(8-4-2)10-13-12-9-11(17)5-6-14(12)21-15(13)16(19)20/h5-6,9H,3-4,7-8,10H2,1-2H3,(H,19,20). The molecule has 1 N–H and O–H groups in total. The van der Waals surface area contributed by atoms with Gasteiger partial charge in [0.2, 0.25) is 5.76 Å². The number of rotatable bonds is 7. The van der Waals surface area contributed by atoms with Crippen LogP contribution in [0.2, 0.25) is 5.02 Å². The summed E-state index contributed by atoms with van der Waals surface area (Å²) in [6.45, 7) is 6.66. The van der Waals surface area contributed by atoms with E-state index < -0.39 is 5.97 Å². The first-order valence-electron chi connectivity index (χ1n) is 7.23. The van der Waals surface area contributed by atoms with Crippen molar-refractivity contribution in [2.24, 2.45) is 0 Å². The normalized spacial score (nSPS) is 11.4.